The van der Waals surface area contributed by atoms with E-state index in [2.05, 4.69) is 0 Å². The van der Waals surface area contributed by atoms with Gasteiger partial charge in [-0.15, -0.1) is 0 Å². The van der Waals surface area contributed by atoms with E-state index >= 15 is 0 Å². The Morgan fingerprint density at radius 1 is 1.43 bits per heavy atom. The lowest BCUT2D eigenvalue weighted by atomic mass is 9.85. The molecule has 0 aliphatic carbocycles. The second-order valence-corrected chi connectivity index (χ2v) is 7.27. The third kappa shape index (κ3) is 3.28. The number of methoxy groups -OCH3 is 1. The van der Waals surface area contributed by atoms with Crippen LogP contribution in [0.1, 0.15) is 42.5 Å². The Morgan fingerprint density at radius 3 is 3.04 bits per heavy atom. The molecule has 0 saturated carbocycles. The molecule has 2 saturated heterocycles. The summed E-state index contributed by atoms with van der Waals surface area (Å²) in [5, 5.41) is 3.83. The Bertz CT molecular complexity index is 560. The van der Waals surface area contributed by atoms with Crippen LogP contribution in [0, 0.1) is 0 Å². The predicted molar refractivity (Wildman–Crippen MR) is 89.6 cm³/mol. The zero-order valence-electron chi connectivity index (χ0n) is 13.6. The van der Waals surface area contributed by atoms with Crippen molar-refractivity contribution in [3.63, 3.8) is 0 Å². The Morgan fingerprint density at radius 2 is 2.30 bits per heavy atom. The van der Waals surface area contributed by atoms with E-state index in [1.54, 1.807) is 7.11 Å². The molecular weight excluding hydrogens is 312 g/mol. The van der Waals surface area contributed by atoms with Crippen LogP contribution in [-0.4, -0.2) is 60.5 Å². The van der Waals surface area contributed by atoms with Gasteiger partial charge < -0.3 is 14.5 Å². The average molecular weight is 336 g/mol. The number of ether oxygens (including phenoxy) is 1. The standard InChI is InChI=1S/C17H24N2O3S/c1-22-9-4-7-18-13-17(11-15(18)20)6-2-3-8-19(17)16(21)14-5-10-23-12-14/h5,10,12H,2-4,6-9,11,13H2,1H3/t17-/m0/s1. The van der Waals surface area contributed by atoms with E-state index < -0.39 is 0 Å². The number of carbonyl (C=O) groups is 2. The number of hydrogen-bond donors (Lipinski definition) is 0. The lowest BCUT2D eigenvalue weighted by Gasteiger charge is -2.44. The summed E-state index contributed by atoms with van der Waals surface area (Å²) in [6, 6.07) is 1.88. The van der Waals surface area contributed by atoms with Crippen LogP contribution in [-0.2, 0) is 9.53 Å². The lowest BCUT2D eigenvalue weighted by Crippen LogP contribution is -2.56. The van der Waals surface area contributed by atoms with Gasteiger partial charge in [0.2, 0.25) is 5.91 Å². The molecular formula is C17H24N2O3S. The largest absolute Gasteiger partial charge is 0.385 e. The molecule has 1 aromatic heterocycles. The predicted octanol–water partition coefficient (Wildman–Crippen LogP) is 2.38. The first kappa shape index (κ1) is 16.5. The Kier molecular flexibility index (Phi) is 5.02. The van der Waals surface area contributed by atoms with Crippen molar-refractivity contribution in [3.05, 3.63) is 22.4 Å². The quantitative estimate of drug-likeness (QED) is 0.776. The minimum absolute atomic E-state index is 0.0810. The number of carbonyl (C=O) groups excluding carboxylic acids is 2. The van der Waals surface area contributed by atoms with Gasteiger partial charge in [-0.05, 0) is 37.1 Å². The smallest absolute Gasteiger partial charge is 0.255 e. The van der Waals surface area contributed by atoms with Crippen LogP contribution in [0.15, 0.2) is 16.8 Å². The molecule has 0 bridgehead atoms. The zero-order chi connectivity index (χ0) is 16.3. The summed E-state index contributed by atoms with van der Waals surface area (Å²) in [5.74, 6) is 0.253. The number of hydrogen-bond acceptors (Lipinski definition) is 4. The molecule has 2 fully saturated rings. The fraction of sp³-hybridized carbons (Fsp3) is 0.647. The monoisotopic (exact) mass is 336 g/mol. The summed E-state index contributed by atoms with van der Waals surface area (Å²) in [7, 11) is 1.68. The lowest BCUT2D eigenvalue weighted by molar-refractivity contribution is -0.128. The van der Waals surface area contributed by atoms with Crippen molar-refractivity contribution in [1.29, 1.82) is 0 Å². The minimum Gasteiger partial charge on any atom is -0.385 e. The van der Waals surface area contributed by atoms with Crippen LogP contribution in [0.5, 0.6) is 0 Å². The molecule has 6 heteroatoms. The van der Waals surface area contributed by atoms with Crippen LogP contribution in [0.25, 0.3) is 0 Å². The number of thiophene rings is 1. The highest BCUT2D eigenvalue weighted by Crippen LogP contribution is 2.38. The molecule has 3 heterocycles. The van der Waals surface area contributed by atoms with E-state index in [0.29, 0.717) is 19.6 Å². The molecule has 2 aliphatic rings. The molecule has 1 atom stereocenters. The Labute approximate surface area is 141 Å². The molecule has 0 N–H and O–H groups in total. The maximum absolute atomic E-state index is 12.9. The van der Waals surface area contributed by atoms with Gasteiger partial charge in [-0.25, -0.2) is 0 Å². The van der Waals surface area contributed by atoms with Gasteiger partial charge in [0.15, 0.2) is 0 Å². The Hall–Kier alpha value is -1.40. The summed E-state index contributed by atoms with van der Waals surface area (Å²) in [5.41, 5.74) is 0.447. The first-order chi connectivity index (χ1) is 11.2. The van der Waals surface area contributed by atoms with Crippen LogP contribution >= 0.6 is 11.3 Å². The van der Waals surface area contributed by atoms with Crippen molar-refractivity contribution in [1.82, 2.24) is 9.80 Å². The number of piperidine rings is 1. The van der Waals surface area contributed by atoms with Gasteiger partial charge in [-0.2, -0.15) is 11.3 Å². The van der Waals surface area contributed by atoms with Crippen molar-refractivity contribution in [2.45, 2.75) is 37.6 Å². The highest BCUT2D eigenvalue weighted by atomic mass is 32.1. The van der Waals surface area contributed by atoms with Crippen LogP contribution in [0.3, 0.4) is 0 Å². The van der Waals surface area contributed by atoms with Crippen LogP contribution in [0.4, 0.5) is 0 Å². The third-order valence-corrected chi connectivity index (χ3v) is 5.64. The summed E-state index contributed by atoms with van der Waals surface area (Å²) in [6.07, 6.45) is 4.35. The van der Waals surface area contributed by atoms with E-state index in [4.69, 9.17) is 4.74 Å². The highest BCUT2D eigenvalue weighted by Gasteiger charge is 2.49. The molecule has 0 radical (unpaired) electrons. The number of rotatable bonds is 5. The molecule has 1 aromatic rings. The molecule has 0 unspecified atom stereocenters. The van der Waals surface area contributed by atoms with Gasteiger partial charge in [0.1, 0.15) is 0 Å². The van der Waals surface area contributed by atoms with Gasteiger partial charge >= 0.3 is 0 Å². The van der Waals surface area contributed by atoms with Crippen molar-refractivity contribution in [2.75, 3.05) is 33.4 Å². The van der Waals surface area contributed by atoms with E-state index in [1.807, 2.05) is 26.6 Å². The normalized spacial score (nSPS) is 24.7. The number of likely N-dealkylation sites (tertiary alicyclic amines) is 2. The fourth-order valence-corrected chi connectivity index (χ4v) is 4.43. The molecule has 3 rings (SSSR count). The number of amides is 2. The fourth-order valence-electron chi connectivity index (χ4n) is 3.80. The third-order valence-electron chi connectivity index (χ3n) is 4.95. The van der Waals surface area contributed by atoms with Gasteiger partial charge in [-0.3, -0.25) is 9.59 Å². The molecule has 2 aliphatic heterocycles. The average Bonchev–Trinajstić information content (AvgIpc) is 3.17. The van der Waals surface area contributed by atoms with E-state index in [-0.39, 0.29) is 17.4 Å². The summed E-state index contributed by atoms with van der Waals surface area (Å²) in [6.45, 7) is 2.81. The maximum Gasteiger partial charge on any atom is 0.255 e. The van der Waals surface area contributed by atoms with E-state index in [9.17, 15) is 9.59 Å². The second kappa shape index (κ2) is 7.01. The van der Waals surface area contributed by atoms with Crippen LogP contribution in [0.2, 0.25) is 0 Å². The van der Waals surface area contributed by atoms with Gasteiger partial charge in [0.25, 0.3) is 5.91 Å². The number of nitrogens with zero attached hydrogens (tertiary/aromatic N) is 2. The van der Waals surface area contributed by atoms with Gasteiger partial charge in [0.05, 0.1) is 17.5 Å². The van der Waals surface area contributed by atoms with Crippen molar-refractivity contribution in [2.24, 2.45) is 0 Å². The van der Waals surface area contributed by atoms with Crippen LogP contribution < -0.4 is 0 Å². The summed E-state index contributed by atoms with van der Waals surface area (Å²) >= 11 is 1.54. The molecule has 0 aromatic carbocycles. The van der Waals surface area contributed by atoms with Crippen molar-refractivity contribution >= 4 is 23.2 Å². The minimum atomic E-state index is -0.304. The Balaban J connectivity index is 1.75. The van der Waals surface area contributed by atoms with Gasteiger partial charge in [-0.1, -0.05) is 0 Å². The first-order valence-electron chi connectivity index (χ1n) is 8.27. The molecule has 126 valence electrons. The SMILES string of the molecule is COCCCN1C[C@]2(CCCCN2C(=O)c2ccsc2)CC1=O. The summed E-state index contributed by atoms with van der Waals surface area (Å²) in [4.78, 5) is 29.2. The first-order valence-corrected chi connectivity index (χ1v) is 9.21. The van der Waals surface area contributed by atoms with E-state index in [1.165, 1.54) is 11.3 Å². The van der Waals surface area contributed by atoms with Gasteiger partial charge in [0, 0.05) is 38.7 Å². The molecule has 5 nitrogen and oxygen atoms in total. The maximum atomic E-state index is 12.9. The highest BCUT2D eigenvalue weighted by molar-refractivity contribution is 7.08. The van der Waals surface area contributed by atoms with E-state index in [0.717, 1.165) is 44.3 Å². The molecule has 1 spiro atoms. The topological polar surface area (TPSA) is 49.9 Å². The van der Waals surface area contributed by atoms with Crippen molar-refractivity contribution < 1.29 is 14.3 Å². The second-order valence-electron chi connectivity index (χ2n) is 6.49. The zero-order valence-corrected chi connectivity index (χ0v) is 14.4. The summed E-state index contributed by atoms with van der Waals surface area (Å²) < 4.78 is 5.08. The molecule has 23 heavy (non-hydrogen) atoms. The molecule has 2 amide bonds. The van der Waals surface area contributed by atoms with Crippen molar-refractivity contribution in [3.8, 4) is 0 Å².